The molecule has 0 aliphatic carbocycles. The van der Waals surface area contributed by atoms with Crippen LogP contribution in [0.3, 0.4) is 0 Å². The van der Waals surface area contributed by atoms with Crippen LogP contribution >= 0.6 is 11.3 Å². The Morgan fingerprint density at radius 1 is 1.60 bits per heavy atom. The van der Waals surface area contributed by atoms with Crippen LogP contribution in [-0.2, 0) is 0 Å². The summed E-state index contributed by atoms with van der Waals surface area (Å²) >= 11 is 1.62. The lowest BCUT2D eigenvalue weighted by Crippen LogP contribution is -2.36. The lowest BCUT2D eigenvalue weighted by atomic mass is 10.2. The summed E-state index contributed by atoms with van der Waals surface area (Å²) in [5.41, 5.74) is 0.726. The van der Waals surface area contributed by atoms with Crippen molar-refractivity contribution in [2.45, 2.75) is 33.2 Å². The fourth-order valence-corrected chi connectivity index (χ4v) is 2.32. The second-order valence-electron chi connectivity index (χ2n) is 3.59. The zero-order chi connectivity index (χ0) is 11.4. The van der Waals surface area contributed by atoms with Crippen LogP contribution in [0.2, 0.25) is 0 Å². The topological polar surface area (TPSA) is 49.3 Å². The van der Waals surface area contributed by atoms with Gasteiger partial charge >= 0.3 is 0 Å². The molecule has 1 amide bonds. The van der Waals surface area contributed by atoms with Gasteiger partial charge in [0.1, 0.15) is 0 Å². The molecule has 4 heteroatoms. The summed E-state index contributed by atoms with van der Waals surface area (Å²) < 4.78 is 0. The molecule has 1 aromatic rings. The van der Waals surface area contributed by atoms with Crippen LogP contribution in [0.25, 0.3) is 0 Å². The van der Waals surface area contributed by atoms with Gasteiger partial charge in [-0.3, -0.25) is 4.79 Å². The van der Waals surface area contributed by atoms with Crippen LogP contribution in [0.5, 0.6) is 0 Å². The highest BCUT2D eigenvalue weighted by atomic mass is 32.1. The van der Waals surface area contributed by atoms with Crippen LogP contribution in [0.4, 0.5) is 0 Å². The van der Waals surface area contributed by atoms with Gasteiger partial charge < -0.3 is 10.4 Å². The van der Waals surface area contributed by atoms with E-state index in [1.165, 1.54) is 0 Å². The molecule has 1 heterocycles. The van der Waals surface area contributed by atoms with Crippen molar-refractivity contribution in [3.8, 4) is 0 Å². The Morgan fingerprint density at radius 3 is 2.67 bits per heavy atom. The maximum atomic E-state index is 11.8. The second kappa shape index (κ2) is 5.28. The fourth-order valence-electron chi connectivity index (χ4n) is 1.40. The Bertz CT molecular complexity index is 342. The molecule has 0 radical (unpaired) electrons. The van der Waals surface area contributed by atoms with Gasteiger partial charge in [-0.2, -0.15) is 0 Å². The van der Waals surface area contributed by atoms with E-state index in [1.807, 2.05) is 26.8 Å². The summed E-state index contributed by atoms with van der Waals surface area (Å²) in [6.07, 6.45) is 0.740. The molecule has 0 aliphatic heterocycles. The third-order valence-corrected chi connectivity index (χ3v) is 3.30. The minimum Gasteiger partial charge on any atom is -0.394 e. The number of aliphatic hydroxyl groups excluding tert-OH is 1. The Labute approximate surface area is 94.1 Å². The van der Waals surface area contributed by atoms with Crippen molar-refractivity contribution in [1.82, 2.24) is 5.32 Å². The first-order chi connectivity index (χ1) is 7.08. The number of thiophene rings is 1. The predicted molar refractivity (Wildman–Crippen MR) is 62.4 cm³/mol. The number of rotatable bonds is 4. The largest absolute Gasteiger partial charge is 0.394 e. The van der Waals surface area contributed by atoms with E-state index in [-0.39, 0.29) is 18.6 Å². The van der Waals surface area contributed by atoms with E-state index in [9.17, 15) is 4.79 Å². The number of aliphatic hydroxyl groups is 1. The van der Waals surface area contributed by atoms with E-state index < -0.39 is 0 Å². The number of hydrogen-bond donors (Lipinski definition) is 2. The molecule has 0 spiro atoms. The van der Waals surface area contributed by atoms with Crippen LogP contribution in [0, 0.1) is 13.8 Å². The van der Waals surface area contributed by atoms with E-state index in [0.29, 0.717) is 0 Å². The van der Waals surface area contributed by atoms with Gasteiger partial charge in [-0.25, -0.2) is 0 Å². The summed E-state index contributed by atoms with van der Waals surface area (Å²) in [6.45, 7) is 5.85. The maximum Gasteiger partial charge on any atom is 0.252 e. The molecule has 0 aromatic carbocycles. The molecule has 1 atom stereocenters. The van der Waals surface area contributed by atoms with Gasteiger partial charge in [-0.05, 0) is 26.3 Å². The maximum absolute atomic E-state index is 11.8. The van der Waals surface area contributed by atoms with Crippen LogP contribution in [-0.4, -0.2) is 23.7 Å². The van der Waals surface area contributed by atoms with E-state index in [0.717, 1.165) is 21.7 Å². The molecule has 1 rings (SSSR count). The second-order valence-corrected chi connectivity index (χ2v) is 5.05. The average molecular weight is 227 g/mol. The highest BCUT2D eigenvalue weighted by Crippen LogP contribution is 2.20. The quantitative estimate of drug-likeness (QED) is 0.825. The minimum atomic E-state index is -0.142. The van der Waals surface area contributed by atoms with Crippen molar-refractivity contribution >= 4 is 17.2 Å². The smallest absolute Gasteiger partial charge is 0.252 e. The Morgan fingerprint density at radius 2 is 2.27 bits per heavy atom. The van der Waals surface area contributed by atoms with Crippen molar-refractivity contribution in [3.63, 3.8) is 0 Å². The van der Waals surface area contributed by atoms with Gasteiger partial charge in [0, 0.05) is 9.75 Å². The third-order valence-electron chi connectivity index (χ3n) is 2.33. The number of carbonyl (C=O) groups is 1. The molecule has 3 nitrogen and oxygen atoms in total. The number of carbonyl (C=O) groups excluding carboxylic acids is 1. The first-order valence-electron chi connectivity index (χ1n) is 5.07. The molecule has 15 heavy (non-hydrogen) atoms. The van der Waals surface area contributed by atoms with E-state index >= 15 is 0 Å². The zero-order valence-electron chi connectivity index (χ0n) is 9.33. The van der Waals surface area contributed by atoms with Gasteiger partial charge in [0.2, 0.25) is 0 Å². The van der Waals surface area contributed by atoms with Crippen molar-refractivity contribution in [2.24, 2.45) is 0 Å². The van der Waals surface area contributed by atoms with Gasteiger partial charge in [0.25, 0.3) is 5.91 Å². The average Bonchev–Trinajstić information content (AvgIpc) is 2.54. The van der Waals surface area contributed by atoms with Crippen LogP contribution in [0.1, 0.15) is 33.5 Å². The van der Waals surface area contributed by atoms with Gasteiger partial charge in [-0.1, -0.05) is 6.92 Å². The Kier molecular flexibility index (Phi) is 4.29. The first kappa shape index (κ1) is 12.2. The van der Waals surface area contributed by atoms with E-state index in [1.54, 1.807) is 11.3 Å². The van der Waals surface area contributed by atoms with Crippen LogP contribution in [0.15, 0.2) is 6.07 Å². The molecule has 2 N–H and O–H groups in total. The van der Waals surface area contributed by atoms with E-state index in [4.69, 9.17) is 5.11 Å². The first-order valence-corrected chi connectivity index (χ1v) is 5.88. The molecular formula is C11H17NO2S. The molecule has 0 fully saturated rings. The SMILES string of the molecule is CCC(CO)NC(=O)c1cc(C)sc1C. The number of aryl methyl sites for hydroxylation is 2. The molecule has 0 saturated heterocycles. The monoisotopic (exact) mass is 227 g/mol. The highest BCUT2D eigenvalue weighted by Gasteiger charge is 2.14. The fraction of sp³-hybridized carbons (Fsp3) is 0.545. The van der Waals surface area contributed by atoms with Crippen molar-refractivity contribution in [2.75, 3.05) is 6.61 Å². The number of hydrogen-bond acceptors (Lipinski definition) is 3. The van der Waals surface area contributed by atoms with Gasteiger partial charge in [0.15, 0.2) is 0 Å². The predicted octanol–water partition coefficient (Wildman–Crippen LogP) is 1.87. The molecule has 0 aliphatic rings. The summed E-state index contributed by atoms with van der Waals surface area (Å²) in [4.78, 5) is 14.0. The standard InChI is InChI=1S/C11H17NO2S/c1-4-9(6-13)12-11(14)10-5-7(2)15-8(10)3/h5,9,13H,4,6H2,1-3H3,(H,12,14). The highest BCUT2D eigenvalue weighted by molar-refractivity contribution is 7.12. The molecule has 84 valence electrons. The molecule has 0 bridgehead atoms. The van der Waals surface area contributed by atoms with Crippen LogP contribution < -0.4 is 5.32 Å². The lowest BCUT2D eigenvalue weighted by molar-refractivity contribution is 0.0915. The third kappa shape index (κ3) is 3.04. The summed E-state index contributed by atoms with van der Waals surface area (Å²) in [5, 5.41) is 11.8. The number of nitrogens with one attached hydrogen (secondary N) is 1. The summed E-state index contributed by atoms with van der Waals surface area (Å²) in [6, 6.07) is 1.75. The number of amides is 1. The molecule has 0 saturated carbocycles. The lowest BCUT2D eigenvalue weighted by Gasteiger charge is -2.13. The van der Waals surface area contributed by atoms with Crippen molar-refractivity contribution in [1.29, 1.82) is 0 Å². The normalized spacial score (nSPS) is 12.5. The summed E-state index contributed by atoms with van der Waals surface area (Å²) in [5.74, 6) is -0.0854. The molecule has 1 aromatic heterocycles. The van der Waals surface area contributed by atoms with E-state index in [2.05, 4.69) is 5.32 Å². The van der Waals surface area contributed by atoms with Gasteiger partial charge in [-0.15, -0.1) is 11.3 Å². The Hall–Kier alpha value is -0.870. The van der Waals surface area contributed by atoms with Crippen molar-refractivity contribution in [3.05, 3.63) is 21.4 Å². The molecular weight excluding hydrogens is 210 g/mol. The Balaban J connectivity index is 2.72. The summed E-state index contributed by atoms with van der Waals surface area (Å²) in [7, 11) is 0. The van der Waals surface area contributed by atoms with Gasteiger partial charge in [0.05, 0.1) is 18.2 Å². The van der Waals surface area contributed by atoms with Crippen molar-refractivity contribution < 1.29 is 9.90 Å². The molecule has 1 unspecified atom stereocenters. The minimum absolute atomic E-state index is 0.00952. The zero-order valence-corrected chi connectivity index (χ0v) is 10.1.